The van der Waals surface area contributed by atoms with Crippen LogP contribution in [0.5, 0.6) is 0 Å². The van der Waals surface area contributed by atoms with Gasteiger partial charge in [0.05, 0.1) is 5.54 Å². The first-order valence-corrected chi connectivity index (χ1v) is 5.52. The molecule has 0 spiro atoms. The van der Waals surface area contributed by atoms with Gasteiger partial charge in [0.1, 0.15) is 0 Å². The van der Waals surface area contributed by atoms with Crippen LogP contribution in [0.3, 0.4) is 0 Å². The van der Waals surface area contributed by atoms with E-state index in [1.165, 1.54) is 5.01 Å². The van der Waals surface area contributed by atoms with E-state index < -0.39 is 0 Å². The molecular formula is C12H17ClN2O. The minimum atomic E-state index is -0.374. The van der Waals surface area contributed by atoms with Crippen LogP contribution in [0.15, 0.2) is 24.3 Å². The molecule has 3 nitrogen and oxygen atoms in total. The van der Waals surface area contributed by atoms with Gasteiger partial charge in [-0.25, -0.2) is 0 Å². The van der Waals surface area contributed by atoms with Gasteiger partial charge in [0.15, 0.2) is 0 Å². The fourth-order valence-corrected chi connectivity index (χ4v) is 1.73. The normalized spacial score (nSPS) is 11.3. The highest BCUT2D eigenvalue weighted by Gasteiger charge is 2.27. The largest absolute Gasteiger partial charge is 0.269 e. The molecule has 1 aromatic carbocycles. The number of benzene rings is 1. The average Bonchev–Trinajstić information content (AvgIpc) is 2.17. The number of hydrazine groups is 1. The fraction of sp³-hybridized carbons (Fsp3) is 0.417. The lowest BCUT2D eigenvalue weighted by Crippen LogP contribution is -2.50. The van der Waals surface area contributed by atoms with Gasteiger partial charge in [-0.3, -0.25) is 9.80 Å². The zero-order valence-electron chi connectivity index (χ0n) is 10.0. The van der Waals surface area contributed by atoms with E-state index in [1.807, 2.05) is 45.9 Å². The first-order valence-electron chi connectivity index (χ1n) is 5.14. The standard InChI is InChI=1S/C12H17ClN2O/c1-9-7-5-6-8-10(9)11(16)15(14-13)12(2,3)4/h5-8,14H,1-4H3. The third-order valence-corrected chi connectivity index (χ3v) is 2.50. The molecule has 0 aliphatic carbocycles. The highest BCUT2D eigenvalue weighted by atomic mass is 35.5. The molecule has 1 aromatic rings. The molecule has 0 bridgehead atoms. The van der Waals surface area contributed by atoms with Crippen molar-refractivity contribution in [2.45, 2.75) is 33.2 Å². The SMILES string of the molecule is Cc1ccccc1C(=O)N(NCl)C(C)(C)C. The summed E-state index contributed by atoms with van der Waals surface area (Å²) < 4.78 is 0. The Morgan fingerprint density at radius 1 is 1.31 bits per heavy atom. The molecular weight excluding hydrogens is 224 g/mol. The second-order valence-corrected chi connectivity index (χ2v) is 4.88. The van der Waals surface area contributed by atoms with E-state index in [0.717, 1.165) is 5.56 Å². The molecule has 0 fully saturated rings. The van der Waals surface area contributed by atoms with Crippen LogP contribution in [0.4, 0.5) is 0 Å². The molecule has 1 amide bonds. The Morgan fingerprint density at radius 2 is 1.88 bits per heavy atom. The van der Waals surface area contributed by atoms with Crippen LogP contribution in [0.2, 0.25) is 0 Å². The zero-order chi connectivity index (χ0) is 12.3. The number of nitrogens with one attached hydrogen (secondary N) is 1. The Bertz CT molecular complexity index is 385. The van der Waals surface area contributed by atoms with Crippen molar-refractivity contribution in [2.75, 3.05) is 0 Å². The predicted molar refractivity (Wildman–Crippen MR) is 66.1 cm³/mol. The Hall–Kier alpha value is -1.06. The van der Waals surface area contributed by atoms with Gasteiger partial charge in [-0.05, 0) is 51.1 Å². The van der Waals surface area contributed by atoms with Crippen LogP contribution in [0.1, 0.15) is 36.7 Å². The Labute approximate surface area is 101 Å². The summed E-state index contributed by atoms with van der Waals surface area (Å²) >= 11 is 5.60. The van der Waals surface area contributed by atoms with Gasteiger partial charge in [-0.2, -0.15) is 0 Å². The summed E-state index contributed by atoms with van der Waals surface area (Å²) in [5.74, 6) is -0.124. The summed E-state index contributed by atoms with van der Waals surface area (Å²) in [6.07, 6.45) is 0. The highest BCUT2D eigenvalue weighted by molar-refractivity contribution is 6.14. The van der Waals surface area contributed by atoms with Gasteiger partial charge in [-0.15, -0.1) is 4.94 Å². The Balaban J connectivity index is 3.06. The number of nitrogens with zero attached hydrogens (tertiary/aromatic N) is 1. The van der Waals surface area contributed by atoms with Crippen molar-refractivity contribution in [1.29, 1.82) is 0 Å². The van der Waals surface area contributed by atoms with Crippen molar-refractivity contribution in [1.82, 2.24) is 9.95 Å². The molecule has 1 N–H and O–H groups in total. The fourth-order valence-electron chi connectivity index (χ4n) is 1.40. The van der Waals surface area contributed by atoms with Crippen molar-refractivity contribution in [3.63, 3.8) is 0 Å². The van der Waals surface area contributed by atoms with Crippen LogP contribution < -0.4 is 4.94 Å². The lowest BCUT2D eigenvalue weighted by molar-refractivity contribution is 0.0515. The smallest absolute Gasteiger partial charge is 0.268 e. The first-order chi connectivity index (χ1) is 7.38. The van der Waals surface area contributed by atoms with E-state index in [1.54, 1.807) is 6.07 Å². The molecule has 0 saturated carbocycles. The van der Waals surface area contributed by atoms with Crippen molar-refractivity contribution < 1.29 is 4.79 Å². The van der Waals surface area contributed by atoms with Gasteiger partial charge < -0.3 is 0 Å². The van der Waals surface area contributed by atoms with Crippen LogP contribution >= 0.6 is 11.8 Å². The number of hydrogen-bond acceptors (Lipinski definition) is 2. The third kappa shape index (κ3) is 2.74. The number of aryl methyl sites for hydroxylation is 1. The average molecular weight is 241 g/mol. The maximum absolute atomic E-state index is 12.2. The molecule has 0 unspecified atom stereocenters. The molecule has 88 valence electrons. The monoisotopic (exact) mass is 240 g/mol. The Morgan fingerprint density at radius 3 is 2.31 bits per heavy atom. The minimum Gasteiger partial charge on any atom is -0.268 e. The molecule has 4 heteroatoms. The van der Waals surface area contributed by atoms with Gasteiger partial charge in [-0.1, -0.05) is 18.2 Å². The first kappa shape index (κ1) is 13.0. The summed E-state index contributed by atoms with van der Waals surface area (Å²) in [5, 5.41) is 1.41. The van der Waals surface area contributed by atoms with Crippen molar-refractivity contribution >= 4 is 17.7 Å². The summed E-state index contributed by atoms with van der Waals surface area (Å²) in [5.41, 5.74) is 1.22. The van der Waals surface area contributed by atoms with Gasteiger partial charge in [0.2, 0.25) is 0 Å². The lowest BCUT2D eigenvalue weighted by atomic mass is 10.0. The number of rotatable bonds is 2. The number of hydrogen-bond donors (Lipinski definition) is 1. The maximum atomic E-state index is 12.2. The van der Waals surface area contributed by atoms with Gasteiger partial charge in [0, 0.05) is 5.56 Å². The molecule has 0 aromatic heterocycles. The molecule has 0 aliphatic heterocycles. The maximum Gasteiger partial charge on any atom is 0.269 e. The van der Waals surface area contributed by atoms with E-state index in [-0.39, 0.29) is 11.4 Å². The van der Waals surface area contributed by atoms with E-state index in [2.05, 4.69) is 4.94 Å². The number of amides is 1. The van der Waals surface area contributed by atoms with E-state index in [0.29, 0.717) is 5.56 Å². The third-order valence-electron chi connectivity index (χ3n) is 2.33. The van der Waals surface area contributed by atoms with E-state index in [4.69, 9.17) is 11.8 Å². The number of carbonyl (C=O) groups is 1. The minimum absolute atomic E-state index is 0.124. The van der Waals surface area contributed by atoms with Crippen LogP contribution in [-0.2, 0) is 0 Å². The summed E-state index contributed by atoms with van der Waals surface area (Å²) in [6.45, 7) is 7.65. The predicted octanol–water partition coefficient (Wildman–Crippen LogP) is 2.89. The molecule has 0 heterocycles. The molecule has 0 saturated heterocycles. The number of halogens is 1. The van der Waals surface area contributed by atoms with E-state index in [9.17, 15) is 4.79 Å². The molecule has 0 radical (unpaired) electrons. The molecule has 0 aliphatic rings. The lowest BCUT2D eigenvalue weighted by Gasteiger charge is -2.33. The van der Waals surface area contributed by atoms with Crippen LogP contribution in [-0.4, -0.2) is 16.5 Å². The van der Waals surface area contributed by atoms with Crippen molar-refractivity contribution in [3.05, 3.63) is 35.4 Å². The van der Waals surface area contributed by atoms with Gasteiger partial charge in [0.25, 0.3) is 5.91 Å². The second-order valence-electron chi connectivity index (χ2n) is 4.71. The topological polar surface area (TPSA) is 32.3 Å². The van der Waals surface area contributed by atoms with Crippen LogP contribution in [0, 0.1) is 6.92 Å². The summed E-state index contributed by atoms with van der Waals surface area (Å²) in [4.78, 5) is 14.6. The molecule has 1 rings (SSSR count). The summed E-state index contributed by atoms with van der Waals surface area (Å²) in [6, 6.07) is 7.45. The van der Waals surface area contributed by atoms with E-state index >= 15 is 0 Å². The number of carbonyl (C=O) groups excluding carboxylic acids is 1. The molecule has 0 atom stereocenters. The van der Waals surface area contributed by atoms with Crippen LogP contribution in [0.25, 0.3) is 0 Å². The van der Waals surface area contributed by atoms with Crippen molar-refractivity contribution in [3.8, 4) is 0 Å². The highest BCUT2D eigenvalue weighted by Crippen LogP contribution is 2.17. The molecule has 16 heavy (non-hydrogen) atoms. The zero-order valence-corrected chi connectivity index (χ0v) is 10.8. The summed E-state index contributed by atoms with van der Waals surface area (Å²) in [7, 11) is 0. The quantitative estimate of drug-likeness (QED) is 0.637. The van der Waals surface area contributed by atoms with Crippen molar-refractivity contribution in [2.24, 2.45) is 0 Å². The second kappa shape index (κ2) is 4.85. The van der Waals surface area contributed by atoms with Gasteiger partial charge >= 0.3 is 0 Å². The Kier molecular flexibility index (Phi) is 3.94.